The van der Waals surface area contributed by atoms with Crippen molar-refractivity contribution < 1.29 is 4.39 Å². The zero-order valence-electron chi connectivity index (χ0n) is 5.64. The minimum absolute atomic E-state index is 0.344. The number of alkyl halides is 1. The van der Waals surface area contributed by atoms with Crippen LogP contribution in [0.25, 0.3) is 0 Å². The third kappa shape index (κ3) is 1.69. The maximum Gasteiger partial charge on any atom is 0.116 e. The molecule has 0 spiro atoms. The zero-order valence-corrected chi connectivity index (χ0v) is 6.40. The second-order valence-electron chi connectivity index (χ2n) is 2.05. The fourth-order valence-corrected chi connectivity index (χ4v) is 0.977. The Morgan fingerprint density at radius 2 is 2.27 bits per heavy atom. The van der Waals surface area contributed by atoms with Crippen molar-refractivity contribution in [2.24, 2.45) is 0 Å². The van der Waals surface area contributed by atoms with Gasteiger partial charge in [-0.15, -0.1) is 0 Å². The van der Waals surface area contributed by atoms with Gasteiger partial charge in [-0.25, -0.2) is 4.39 Å². The molecule has 0 aliphatic heterocycles. The van der Waals surface area contributed by atoms with E-state index >= 15 is 0 Å². The highest BCUT2D eigenvalue weighted by Gasteiger charge is 2.00. The van der Waals surface area contributed by atoms with Crippen molar-refractivity contribution in [1.82, 2.24) is 0 Å². The Labute approximate surface area is 69.0 Å². The Morgan fingerprint density at radius 1 is 1.55 bits per heavy atom. The molecule has 0 N–H and O–H groups in total. The monoisotopic (exact) mass is 169 g/mol. The van der Waals surface area contributed by atoms with E-state index in [9.17, 15) is 4.39 Å². The SMILES string of the molecule is N#Cc1ccc(Cl)cc1CF. The molecular weight excluding hydrogens is 165 g/mol. The average Bonchev–Trinajstić information content (AvgIpc) is 2.04. The molecule has 3 heteroatoms. The molecule has 0 aromatic heterocycles. The van der Waals surface area contributed by atoms with E-state index in [-0.39, 0.29) is 0 Å². The summed E-state index contributed by atoms with van der Waals surface area (Å²) in [4.78, 5) is 0. The van der Waals surface area contributed by atoms with Crippen molar-refractivity contribution in [3.8, 4) is 6.07 Å². The van der Waals surface area contributed by atoms with Crippen LogP contribution in [0.3, 0.4) is 0 Å². The van der Waals surface area contributed by atoms with Gasteiger partial charge in [0.25, 0.3) is 0 Å². The third-order valence-electron chi connectivity index (χ3n) is 1.33. The van der Waals surface area contributed by atoms with Crippen LogP contribution in [0.4, 0.5) is 4.39 Å². The van der Waals surface area contributed by atoms with Crippen molar-refractivity contribution in [3.63, 3.8) is 0 Å². The van der Waals surface area contributed by atoms with E-state index < -0.39 is 6.67 Å². The fraction of sp³-hybridized carbons (Fsp3) is 0.125. The van der Waals surface area contributed by atoms with E-state index in [1.165, 1.54) is 12.1 Å². The maximum atomic E-state index is 12.1. The van der Waals surface area contributed by atoms with E-state index in [0.717, 1.165) is 0 Å². The number of halogens is 2. The van der Waals surface area contributed by atoms with Crippen LogP contribution in [0, 0.1) is 11.3 Å². The first kappa shape index (κ1) is 8.03. The number of hydrogen-bond acceptors (Lipinski definition) is 1. The molecule has 1 aromatic rings. The average molecular weight is 170 g/mol. The minimum atomic E-state index is -0.649. The molecule has 0 radical (unpaired) electrons. The molecule has 1 aromatic carbocycles. The number of rotatable bonds is 1. The van der Waals surface area contributed by atoms with Gasteiger partial charge in [-0.3, -0.25) is 0 Å². The molecule has 0 atom stereocenters. The molecule has 0 fully saturated rings. The van der Waals surface area contributed by atoms with Crippen LogP contribution >= 0.6 is 11.6 Å². The molecule has 1 rings (SSSR count). The van der Waals surface area contributed by atoms with Crippen LogP contribution in [-0.4, -0.2) is 0 Å². The van der Waals surface area contributed by atoms with Gasteiger partial charge >= 0.3 is 0 Å². The van der Waals surface area contributed by atoms with Gasteiger partial charge in [0.2, 0.25) is 0 Å². The van der Waals surface area contributed by atoms with Gasteiger partial charge in [0, 0.05) is 10.6 Å². The van der Waals surface area contributed by atoms with Gasteiger partial charge in [0.05, 0.1) is 11.6 Å². The predicted octanol–water partition coefficient (Wildman–Crippen LogP) is 2.68. The Kier molecular flexibility index (Phi) is 2.45. The zero-order chi connectivity index (χ0) is 8.27. The van der Waals surface area contributed by atoms with Crippen LogP contribution in [-0.2, 0) is 6.67 Å². The lowest BCUT2D eigenvalue weighted by Gasteiger charge is -1.97. The molecule has 56 valence electrons. The first-order valence-corrected chi connectivity index (χ1v) is 3.40. The van der Waals surface area contributed by atoms with Gasteiger partial charge in [-0.1, -0.05) is 11.6 Å². The van der Waals surface area contributed by atoms with E-state index in [1.807, 2.05) is 6.07 Å². The van der Waals surface area contributed by atoms with Gasteiger partial charge in [0.1, 0.15) is 6.67 Å². The summed E-state index contributed by atoms with van der Waals surface area (Å²) < 4.78 is 12.1. The highest BCUT2D eigenvalue weighted by molar-refractivity contribution is 6.30. The van der Waals surface area contributed by atoms with Crippen LogP contribution in [0.1, 0.15) is 11.1 Å². The largest absolute Gasteiger partial charge is 0.246 e. The highest BCUT2D eigenvalue weighted by atomic mass is 35.5. The van der Waals surface area contributed by atoms with Crippen LogP contribution in [0.5, 0.6) is 0 Å². The van der Waals surface area contributed by atoms with E-state index in [2.05, 4.69) is 0 Å². The van der Waals surface area contributed by atoms with Gasteiger partial charge < -0.3 is 0 Å². The second kappa shape index (κ2) is 3.36. The molecule has 11 heavy (non-hydrogen) atoms. The summed E-state index contributed by atoms with van der Waals surface area (Å²) in [7, 11) is 0. The van der Waals surface area contributed by atoms with Crippen molar-refractivity contribution >= 4 is 11.6 Å². The van der Waals surface area contributed by atoms with E-state index in [0.29, 0.717) is 16.1 Å². The number of hydrogen-bond donors (Lipinski definition) is 0. The minimum Gasteiger partial charge on any atom is -0.246 e. The standard InChI is InChI=1S/C8H5ClFN/c9-8-2-1-6(5-11)7(3-8)4-10/h1-3H,4H2. The summed E-state index contributed by atoms with van der Waals surface area (Å²) in [6.45, 7) is -0.649. The van der Waals surface area contributed by atoms with Crippen LogP contribution in [0.15, 0.2) is 18.2 Å². The number of nitriles is 1. The predicted molar refractivity (Wildman–Crippen MR) is 41.0 cm³/mol. The lowest BCUT2D eigenvalue weighted by molar-refractivity contribution is 0.484. The molecule has 0 heterocycles. The van der Waals surface area contributed by atoms with E-state index in [1.54, 1.807) is 6.07 Å². The van der Waals surface area contributed by atoms with Crippen molar-refractivity contribution in [3.05, 3.63) is 34.3 Å². The van der Waals surface area contributed by atoms with Crippen LogP contribution < -0.4 is 0 Å². The van der Waals surface area contributed by atoms with Gasteiger partial charge in [0.15, 0.2) is 0 Å². The van der Waals surface area contributed by atoms with Crippen LogP contribution in [0.2, 0.25) is 5.02 Å². The van der Waals surface area contributed by atoms with Crippen molar-refractivity contribution in [2.45, 2.75) is 6.67 Å². The number of benzene rings is 1. The molecule has 0 aliphatic rings. The Hall–Kier alpha value is -1.07. The maximum absolute atomic E-state index is 12.1. The lowest BCUT2D eigenvalue weighted by Crippen LogP contribution is -1.84. The topological polar surface area (TPSA) is 23.8 Å². The summed E-state index contributed by atoms with van der Waals surface area (Å²) in [5, 5.41) is 8.94. The van der Waals surface area contributed by atoms with Gasteiger partial charge in [-0.2, -0.15) is 5.26 Å². The van der Waals surface area contributed by atoms with Gasteiger partial charge in [-0.05, 0) is 18.2 Å². The summed E-state index contributed by atoms with van der Waals surface area (Å²) >= 11 is 5.58. The summed E-state index contributed by atoms with van der Waals surface area (Å²) in [6.07, 6.45) is 0. The normalized spacial score (nSPS) is 9.18. The van der Waals surface area contributed by atoms with Crippen molar-refractivity contribution in [2.75, 3.05) is 0 Å². The Balaban J connectivity index is 3.19. The first-order chi connectivity index (χ1) is 5.27. The molecule has 0 saturated carbocycles. The quantitative estimate of drug-likeness (QED) is 0.634. The molecule has 0 amide bonds. The molecule has 0 unspecified atom stereocenters. The summed E-state index contributed by atoms with van der Waals surface area (Å²) in [5.41, 5.74) is 0.692. The highest BCUT2D eigenvalue weighted by Crippen LogP contribution is 2.15. The number of nitrogens with zero attached hydrogens (tertiary/aromatic N) is 1. The molecular formula is C8H5ClFN. The van der Waals surface area contributed by atoms with Crippen molar-refractivity contribution in [1.29, 1.82) is 5.26 Å². The lowest BCUT2D eigenvalue weighted by atomic mass is 10.1. The summed E-state index contributed by atoms with van der Waals surface area (Å²) in [6, 6.07) is 6.41. The third-order valence-corrected chi connectivity index (χ3v) is 1.57. The Bertz CT molecular complexity index is 303. The van der Waals surface area contributed by atoms with E-state index in [4.69, 9.17) is 16.9 Å². The smallest absolute Gasteiger partial charge is 0.116 e. The molecule has 1 nitrogen and oxygen atoms in total. The summed E-state index contributed by atoms with van der Waals surface area (Å²) in [5.74, 6) is 0. The Morgan fingerprint density at radius 3 is 2.82 bits per heavy atom. The molecule has 0 aliphatic carbocycles. The molecule has 0 bridgehead atoms. The second-order valence-corrected chi connectivity index (χ2v) is 2.48. The fourth-order valence-electron chi connectivity index (χ4n) is 0.782. The molecule has 0 saturated heterocycles. The first-order valence-electron chi connectivity index (χ1n) is 3.02.